The van der Waals surface area contributed by atoms with Crippen molar-refractivity contribution in [2.24, 2.45) is 5.92 Å². The highest BCUT2D eigenvalue weighted by Gasteiger charge is 2.60. The number of aromatic nitrogens is 6. The maximum Gasteiger partial charge on any atom is 0.472 e. The van der Waals surface area contributed by atoms with Crippen molar-refractivity contribution in [2.45, 2.75) is 127 Å². The number of ether oxygens (including phenoxy) is 2. The molecule has 0 radical (unpaired) electrons. The predicted octanol–water partition coefficient (Wildman–Crippen LogP) is 5.12. The number of anilines is 1. The van der Waals surface area contributed by atoms with Gasteiger partial charge >= 0.3 is 31.7 Å². The van der Waals surface area contributed by atoms with Crippen LogP contribution in [0.4, 0.5) is 5.95 Å². The van der Waals surface area contributed by atoms with E-state index in [-0.39, 0.29) is 58.7 Å². The zero-order valence-corrected chi connectivity index (χ0v) is 37.7. The zero-order valence-electron chi connectivity index (χ0n) is 33.0. The molecule has 1 unspecified atom stereocenters. The highest BCUT2D eigenvalue weighted by atomic mass is 32.7. The van der Waals surface area contributed by atoms with Crippen LogP contribution in [-0.4, -0.2) is 100 Å². The van der Waals surface area contributed by atoms with Crippen molar-refractivity contribution in [3.63, 3.8) is 0 Å². The van der Waals surface area contributed by atoms with Crippen LogP contribution in [0.5, 0.6) is 5.88 Å². The first-order chi connectivity index (χ1) is 26.6. The lowest BCUT2D eigenvalue weighted by atomic mass is 10.1. The number of fused-ring (bicyclic) bond motifs is 4. The molecule has 1 aliphatic carbocycles. The van der Waals surface area contributed by atoms with E-state index in [2.05, 4.69) is 37.2 Å². The Morgan fingerprint density at radius 2 is 1.70 bits per heavy atom. The first-order valence-electron chi connectivity index (χ1n) is 18.9. The Labute approximate surface area is 337 Å². The molecular weight excluding hydrogens is 841 g/mol. The lowest BCUT2D eigenvalue weighted by Gasteiger charge is -2.47. The highest BCUT2D eigenvalue weighted by molar-refractivity contribution is 8.44. The number of hydrogen-bond donors (Lipinski definition) is 5. The summed E-state index contributed by atoms with van der Waals surface area (Å²) < 4.78 is 79.9. The second kappa shape index (κ2) is 17.1. The number of thiol groups is 1. The highest BCUT2D eigenvalue weighted by Crippen LogP contribution is 2.59. The fourth-order valence-electron chi connectivity index (χ4n) is 7.72. The molecule has 25 heteroatoms. The fraction of sp³-hybridized carbons (Fsp3) is 0.719. The average molecular weight is 894 g/mol. The molecule has 0 aromatic carbocycles. The minimum atomic E-state index is -5.03. The Balaban J connectivity index is 1.43. The molecule has 3 aromatic rings. The number of hydrogen-bond acceptors (Lipinski definition) is 17. The van der Waals surface area contributed by atoms with Gasteiger partial charge in [0.15, 0.2) is 17.4 Å². The number of nitrogens with zero attached hydrogens (tertiary/aromatic N) is 5. The molecule has 6 rings (SSSR count). The number of phosphoric ester groups is 1. The number of H-pyrrole nitrogens is 1. The second-order valence-corrected chi connectivity index (χ2v) is 28.8. The van der Waals surface area contributed by atoms with Crippen LogP contribution in [0, 0.1) is 5.92 Å². The Morgan fingerprint density at radius 1 is 1.00 bits per heavy atom. The molecule has 20 nitrogen and oxygen atoms in total. The summed E-state index contributed by atoms with van der Waals surface area (Å²) in [5.74, 6) is -0.539. The molecule has 2 bridgehead atoms. The van der Waals surface area contributed by atoms with Gasteiger partial charge in [-0.15, -0.1) is 0 Å². The first-order valence-corrected chi connectivity index (χ1v) is 27.0. The Hall–Kier alpha value is -2.09. The smallest absolute Gasteiger partial charge is 0.472 e. The molecule has 2 saturated heterocycles. The predicted molar refractivity (Wildman–Crippen MR) is 214 cm³/mol. The third-order valence-corrected chi connectivity index (χ3v) is 23.1. The van der Waals surface area contributed by atoms with Gasteiger partial charge in [0.2, 0.25) is 11.8 Å². The summed E-state index contributed by atoms with van der Waals surface area (Å²) in [5.41, 5.74) is 4.12. The van der Waals surface area contributed by atoms with Crippen molar-refractivity contribution in [3.8, 4) is 5.88 Å². The standard InChI is InChI=1S/C32H53N7O13P2SSi2/c1-17(2)56(44,18(3)4)52-57(19(5)6,20(7)8)51-27-24-14-46-54(43,55)49-23-12-22(47-25-9-10-34-15-35-25)11-21(23)13-45-53(41,42)50-28(27)31(48-24)39-16-36-26-29(39)37-32(33)38-30(26)40/h9-10,15-24,27-28,31,44H,11-14H2,1-8H3,(H,41,42)(H,43,55)(H3,33,37,38,40)/t21-,22-,23+,24-,27-,28-,31-,54+/m1/s1. The van der Waals surface area contributed by atoms with E-state index >= 15 is 0 Å². The van der Waals surface area contributed by atoms with E-state index in [1.807, 2.05) is 55.4 Å². The second-order valence-electron chi connectivity index (χ2n) is 15.9. The molecule has 3 fully saturated rings. The molecule has 3 aliphatic rings. The molecule has 57 heavy (non-hydrogen) atoms. The quantitative estimate of drug-likeness (QED) is 0.0950. The zero-order chi connectivity index (χ0) is 41.7. The lowest BCUT2D eigenvalue weighted by molar-refractivity contribution is -0.0520. The van der Waals surface area contributed by atoms with Crippen LogP contribution in [0.25, 0.3) is 11.2 Å². The molecule has 0 amide bonds. The van der Waals surface area contributed by atoms with Crippen LogP contribution in [0.2, 0.25) is 22.2 Å². The molecular formula is C32H53N7O13P2SSi2. The summed E-state index contributed by atoms with van der Waals surface area (Å²) in [4.78, 5) is 55.4. The first kappa shape index (κ1) is 44.5. The third kappa shape index (κ3) is 9.46. The summed E-state index contributed by atoms with van der Waals surface area (Å²) in [6.45, 7) is 10.3. The Kier molecular flexibility index (Phi) is 13.4. The summed E-state index contributed by atoms with van der Waals surface area (Å²) in [6.07, 6.45) is -2.16. The van der Waals surface area contributed by atoms with E-state index in [0.29, 0.717) is 5.88 Å². The molecule has 1 saturated carbocycles. The Morgan fingerprint density at radius 3 is 2.33 bits per heavy atom. The topological polar surface area (TPSA) is 264 Å². The maximum absolute atomic E-state index is 14.1. The number of nitrogens with two attached hydrogens (primary N) is 1. The number of rotatable bonds is 11. The molecule has 5 heterocycles. The molecule has 3 aromatic heterocycles. The van der Waals surface area contributed by atoms with Crippen molar-refractivity contribution in [1.82, 2.24) is 29.5 Å². The molecule has 0 spiro atoms. The number of phosphoric acid groups is 1. The molecule has 2 aliphatic heterocycles. The molecule has 5 N–H and O–H groups in total. The minimum Gasteiger partial charge on any atom is -0.474 e. The summed E-state index contributed by atoms with van der Waals surface area (Å²) >= 11 is 4.34. The van der Waals surface area contributed by atoms with E-state index in [1.165, 1.54) is 23.4 Å². The van der Waals surface area contributed by atoms with Crippen LogP contribution in [-0.2, 0) is 40.5 Å². The van der Waals surface area contributed by atoms with E-state index in [4.69, 9.17) is 41.8 Å². The van der Waals surface area contributed by atoms with Gasteiger partial charge in [-0.05, 0) is 28.6 Å². The number of nitrogens with one attached hydrogen (secondary N) is 1. The van der Waals surface area contributed by atoms with Gasteiger partial charge in [0.05, 0.1) is 25.6 Å². The number of aromatic amines is 1. The summed E-state index contributed by atoms with van der Waals surface area (Å²) in [5, 5.41) is 0. The van der Waals surface area contributed by atoms with Gasteiger partial charge in [-0.25, -0.2) is 24.1 Å². The van der Waals surface area contributed by atoms with Gasteiger partial charge in [-0.1, -0.05) is 67.6 Å². The Bertz CT molecular complexity index is 2020. The summed E-state index contributed by atoms with van der Waals surface area (Å²) in [6, 6.07) is 1.58. The van der Waals surface area contributed by atoms with Gasteiger partial charge in [-0.3, -0.25) is 32.4 Å². The summed E-state index contributed by atoms with van der Waals surface area (Å²) in [7, 11) is -12.2. The van der Waals surface area contributed by atoms with Crippen LogP contribution in [0.3, 0.4) is 0 Å². The minimum absolute atomic E-state index is 0.0226. The SMILES string of the molecule is CC(C)[Si](O)(O[Si](O[C@H]1[C@H]2OP(=O)(O)OC[C@H]3C[C@@H](Oc4ccncn4)C[C@@H]3O[P@@](=O)(S)OC[C@H]1O[C@H]2n1cnc2c(=O)[nH]c(N)nc21)(C(C)C)C(C)C)C(C)C. The average Bonchev–Trinajstić information content (AvgIpc) is 3.80. The van der Waals surface area contributed by atoms with Gasteiger partial charge in [0, 0.05) is 24.6 Å². The lowest BCUT2D eigenvalue weighted by Crippen LogP contribution is -2.62. The van der Waals surface area contributed by atoms with Crippen LogP contribution in [0.15, 0.2) is 29.7 Å². The van der Waals surface area contributed by atoms with E-state index < -0.39 is 86.6 Å². The van der Waals surface area contributed by atoms with Gasteiger partial charge in [0.1, 0.15) is 30.7 Å². The fourth-order valence-corrected chi connectivity index (χ4v) is 20.2. The van der Waals surface area contributed by atoms with Crippen LogP contribution < -0.4 is 16.0 Å². The van der Waals surface area contributed by atoms with Crippen molar-refractivity contribution < 1.29 is 54.9 Å². The van der Waals surface area contributed by atoms with Crippen molar-refractivity contribution >= 4 is 61.1 Å². The van der Waals surface area contributed by atoms with Gasteiger partial charge < -0.3 is 33.4 Å². The van der Waals surface area contributed by atoms with E-state index in [1.54, 1.807) is 6.07 Å². The van der Waals surface area contributed by atoms with Crippen LogP contribution >= 0.6 is 26.9 Å². The molecule has 318 valence electrons. The normalized spacial score (nSPS) is 31.8. The largest absolute Gasteiger partial charge is 0.474 e. The van der Waals surface area contributed by atoms with Crippen molar-refractivity contribution in [3.05, 3.63) is 35.3 Å². The number of nitrogen functional groups attached to an aromatic ring is 1. The monoisotopic (exact) mass is 893 g/mol. The maximum atomic E-state index is 14.1. The molecule has 9 atom stereocenters. The van der Waals surface area contributed by atoms with Crippen LogP contribution in [0.1, 0.15) is 74.5 Å². The van der Waals surface area contributed by atoms with Gasteiger partial charge in [0.25, 0.3) is 5.56 Å². The van der Waals surface area contributed by atoms with Crippen molar-refractivity contribution in [2.75, 3.05) is 18.9 Å². The van der Waals surface area contributed by atoms with E-state index in [0.717, 1.165) is 0 Å². The van der Waals surface area contributed by atoms with E-state index in [9.17, 15) is 23.6 Å². The van der Waals surface area contributed by atoms with Gasteiger partial charge in [-0.2, -0.15) is 4.98 Å². The number of imidazole rings is 1. The van der Waals surface area contributed by atoms with Crippen molar-refractivity contribution in [1.29, 1.82) is 0 Å². The third-order valence-electron chi connectivity index (χ3n) is 10.7.